The van der Waals surface area contributed by atoms with E-state index in [-0.39, 0.29) is 11.5 Å². The summed E-state index contributed by atoms with van der Waals surface area (Å²) in [5, 5.41) is 20.9. The molecule has 2 heterocycles. The van der Waals surface area contributed by atoms with Crippen LogP contribution in [0.25, 0.3) is 11.3 Å². The number of nitrogens with one attached hydrogen (secondary N) is 2. The van der Waals surface area contributed by atoms with E-state index in [1.165, 1.54) is 5.56 Å². The SMILES string of the molecule is CCCC[C@H](NC(=O)O[C@H](Cn1cnc(-c2ccc(C)cc2)c1)C(C)(C)C)[C@H](O)C(=O)Nc1ccnn1C1CCC1. The molecule has 3 N–H and O–H groups in total. The van der Waals surface area contributed by atoms with E-state index in [1.54, 1.807) is 23.3 Å². The molecular weight excluding hydrogens is 520 g/mol. The Morgan fingerprint density at radius 1 is 1.17 bits per heavy atom. The highest BCUT2D eigenvalue weighted by molar-refractivity contribution is 5.94. The number of ether oxygens (including phenoxy) is 1. The van der Waals surface area contributed by atoms with Crippen molar-refractivity contribution < 1.29 is 19.4 Å². The third-order valence-electron chi connectivity index (χ3n) is 7.74. The molecule has 2 amide bonds. The summed E-state index contributed by atoms with van der Waals surface area (Å²) in [7, 11) is 0. The number of aryl methyl sites for hydroxylation is 1. The van der Waals surface area contributed by atoms with E-state index >= 15 is 0 Å². The number of aliphatic hydroxyl groups excluding tert-OH is 1. The Morgan fingerprint density at radius 3 is 2.54 bits per heavy atom. The van der Waals surface area contributed by atoms with Crippen molar-refractivity contribution in [3.8, 4) is 11.3 Å². The molecule has 1 aliphatic rings. The molecule has 3 aromatic rings. The van der Waals surface area contributed by atoms with Crippen LogP contribution in [0.5, 0.6) is 0 Å². The number of imidazole rings is 1. The number of amides is 2. The van der Waals surface area contributed by atoms with Crippen molar-refractivity contribution in [3.63, 3.8) is 0 Å². The molecule has 0 saturated heterocycles. The molecule has 3 atom stereocenters. The van der Waals surface area contributed by atoms with Crippen LogP contribution >= 0.6 is 0 Å². The molecule has 1 aliphatic carbocycles. The quantitative estimate of drug-likeness (QED) is 0.268. The minimum atomic E-state index is -1.45. The summed E-state index contributed by atoms with van der Waals surface area (Å²) in [6, 6.07) is 9.35. The lowest BCUT2D eigenvalue weighted by Gasteiger charge is -2.32. The lowest BCUT2D eigenvalue weighted by atomic mass is 9.89. The van der Waals surface area contributed by atoms with E-state index in [0.717, 1.165) is 43.4 Å². The Balaban J connectivity index is 1.40. The van der Waals surface area contributed by atoms with Gasteiger partial charge in [-0.25, -0.2) is 14.5 Å². The Bertz CT molecular complexity index is 1290. The molecule has 0 radical (unpaired) electrons. The van der Waals surface area contributed by atoms with Gasteiger partial charge in [-0.05, 0) is 32.6 Å². The zero-order valence-electron chi connectivity index (χ0n) is 24.8. The number of unbranched alkanes of at least 4 members (excludes halogenated alkanes) is 1. The molecule has 2 aromatic heterocycles. The fraction of sp³-hybridized carbons (Fsp3) is 0.548. The van der Waals surface area contributed by atoms with Crippen LogP contribution in [-0.4, -0.2) is 54.7 Å². The second-order valence-corrected chi connectivity index (χ2v) is 12.2. The van der Waals surface area contributed by atoms with E-state index in [4.69, 9.17) is 4.74 Å². The van der Waals surface area contributed by atoms with Crippen LogP contribution in [0.2, 0.25) is 0 Å². The second kappa shape index (κ2) is 13.3. The molecule has 1 saturated carbocycles. The number of rotatable bonds is 12. The second-order valence-electron chi connectivity index (χ2n) is 12.2. The first-order chi connectivity index (χ1) is 19.5. The predicted molar refractivity (Wildman–Crippen MR) is 158 cm³/mol. The number of aromatic nitrogens is 4. The summed E-state index contributed by atoms with van der Waals surface area (Å²) in [6.45, 7) is 10.5. The summed E-state index contributed by atoms with van der Waals surface area (Å²) < 4.78 is 9.63. The maximum absolute atomic E-state index is 13.1. The normalized spacial score (nSPS) is 16.0. The van der Waals surface area contributed by atoms with Gasteiger partial charge in [-0.1, -0.05) is 70.4 Å². The van der Waals surface area contributed by atoms with Gasteiger partial charge in [0, 0.05) is 23.2 Å². The standard InChI is InChI=1S/C31H44N6O4/c1-6-7-11-24(28(38)29(39)35-27-16-17-33-37(27)23-9-8-10-23)34-30(40)41-26(31(3,4)5)19-36-18-25(32-20-36)22-14-12-21(2)13-15-22/h12-18,20,23-24,26,28,38H,6-11,19H2,1-5H3,(H,34,40)(H,35,39)/t24-,26+,28-/m0/s1. The molecule has 10 heteroatoms. The average Bonchev–Trinajstić information content (AvgIpc) is 3.54. The number of aliphatic hydroxyl groups is 1. The van der Waals surface area contributed by atoms with E-state index in [2.05, 4.69) is 20.7 Å². The molecule has 4 rings (SSSR count). The topological polar surface area (TPSA) is 123 Å². The maximum atomic E-state index is 13.1. The van der Waals surface area contributed by atoms with Crippen LogP contribution in [0.4, 0.5) is 10.6 Å². The van der Waals surface area contributed by atoms with Crippen molar-refractivity contribution in [2.24, 2.45) is 5.41 Å². The lowest BCUT2D eigenvalue weighted by molar-refractivity contribution is -0.125. The van der Waals surface area contributed by atoms with Crippen molar-refractivity contribution in [1.29, 1.82) is 0 Å². The maximum Gasteiger partial charge on any atom is 0.407 e. The summed E-state index contributed by atoms with van der Waals surface area (Å²) in [4.78, 5) is 30.7. The van der Waals surface area contributed by atoms with Crippen molar-refractivity contribution in [2.45, 2.75) is 104 Å². The lowest BCUT2D eigenvalue weighted by Crippen LogP contribution is -2.50. The van der Waals surface area contributed by atoms with Gasteiger partial charge in [0.1, 0.15) is 11.9 Å². The molecular formula is C31H44N6O4. The van der Waals surface area contributed by atoms with Gasteiger partial charge < -0.3 is 25.0 Å². The minimum Gasteiger partial charge on any atom is -0.444 e. The summed E-state index contributed by atoms with van der Waals surface area (Å²) >= 11 is 0. The molecule has 41 heavy (non-hydrogen) atoms. The van der Waals surface area contributed by atoms with Gasteiger partial charge >= 0.3 is 6.09 Å². The molecule has 0 spiro atoms. The van der Waals surface area contributed by atoms with Crippen molar-refractivity contribution in [3.05, 3.63) is 54.6 Å². The van der Waals surface area contributed by atoms with Crippen LogP contribution in [-0.2, 0) is 16.1 Å². The number of nitrogens with zero attached hydrogens (tertiary/aromatic N) is 4. The number of carbonyl (C=O) groups is 2. The molecule has 0 aliphatic heterocycles. The number of hydrogen-bond acceptors (Lipinski definition) is 6. The Morgan fingerprint density at radius 2 is 1.90 bits per heavy atom. The van der Waals surface area contributed by atoms with Crippen LogP contribution in [0.3, 0.4) is 0 Å². The average molecular weight is 565 g/mol. The summed E-state index contributed by atoms with van der Waals surface area (Å²) in [6.07, 6.45) is 7.90. The molecule has 0 unspecified atom stereocenters. The van der Waals surface area contributed by atoms with Gasteiger partial charge in [0.2, 0.25) is 0 Å². The monoisotopic (exact) mass is 564 g/mol. The van der Waals surface area contributed by atoms with Crippen molar-refractivity contribution in [1.82, 2.24) is 24.6 Å². The first-order valence-electron chi connectivity index (χ1n) is 14.6. The van der Waals surface area contributed by atoms with Gasteiger partial charge in [-0.15, -0.1) is 0 Å². The van der Waals surface area contributed by atoms with Crippen molar-refractivity contribution in [2.75, 3.05) is 5.32 Å². The summed E-state index contributed by atoms with van der Waals surface area (Å²) in [5.74, 6) is -0.0319. The number of hydrogen-bond donors (Lipinski definition) is 3. The molecule has 10 nitrogen and oxygen atoms in total. The third kappa shape index (κ3) is 7.97. The van der Waals surface area contributed by atoms with Gasteiger partial charge in [-0.3, -0.25) is 4.79 Å². The van der Waals surface area contributed by atoms with Crippen LogP contribution in [0, 0.1) is 12.3 Å². The number of anilines is 1. The fourth-order valence-electron chi connectivity index (χ4n) is 4.78. The smallest absolute Gasteiger partial charge is 0.407 e. The van der Waals surface area contributed by atoms with Gasteiger partial charge in [0.15, 0.2) is 6.10 Å². The highest BCUT2D eigenvalue weighted by Gasteiger charge is 2.33. The molecule has 1 aromatic carbocycles. The van der Waals surface area contributed by atoms with Crippen LogP contribution in [0.1, 0.15) is 77.8 Å². The Labute approximate surface area is 242 Å². The first kappa shape index (κ1) is 30.3. The minimum absolute atomic E-state index is 0.263. The molecule has 1 fully saturated rings. The van der Waals surface area contributed by atoms with Gasteiger partial charge in [0.05, 0.1) is 36.8 Å². The number of alkyl carbamates (subject to hydrolysis) is 1. The first-order valence-corrected chi connectivity index (χ1v) is 14.6. The van der Waals surface area contributed by atoms with Gasteiger partial charge in [0.25, 0.3) is 5.91 Å². The van der Waals surface area contributed by atoms with Crippen LogP contribution < -0.4 is 10.6 Å². The predicted octanol–water partition coefficient (Wildman–Crippen LogP) is 5.48. The Kier molecular flexibility index (Phi) is 9.86. The zero-order chi connectivity index (χ0) is 29.6. The number of benzene rings is 1. The zero-order valence-corrected chi connectivity index (χ0v) is 24.8. The van der Waals surface area contributed by atoms with E-state index in [1.807, 2.05) is 69.6 Å². The highest BCUT2D eigenvalue weighted by atomic mass is 16.6. The largest absolute Gasteiger partial charge is 0.444 e. The molecule has 0 bridgehead atoms. The third-order valence-corrected chi connectivity index (χ3v) is 7.74. The van der Waals surface area contributed by atoms with E-state index < -0.39 is 30.3 Å². The molecule has 222 valence electrons. The van der Waals surface area contributed by atoms with Crippen molar-refractivity contribution >= 4 is 17.8 Å². The number of carbonyl (C=O) groups excluding carboxylic acids is 2. The van der Waals surface area contributed by atoms with Crippen LogP contribution in [0.15, 0.2) is 49.1 Å². The van der Waals surface area contributed by atoms with E-state index in [0.29, 0.717) is 18.8 Å². The Hall–Kier alpha value is -3.66. The highest BCUT2D eigenvalue weighted by Crippen LogP contribution is 2.33. The van der Waals surface area contributed by atoms with E-state index in [9.17, 15) is 14.7 Å². The summed E-state index contributed by atoms with van der Waals surface area (Å²) in [5.41, 5.74) is 2.66. The van der Waals surface area contributed by atoms with Gasteiger partial charge in [-0.2, -0.15) is 5.10 Å². The fourth-order valence-corrected chi connectivity index (χ4v) is 4.78.